The van der Waals surface area contributed by atoms with E-state index in [2.05, 4.69) is 6.07 Å². The first kappa shape index (κ1) is 21.7. The number of rotatable bonds is 6. The Balaban J connectivity index is 1.34. The molecule has 0 aliphatic heterocycles. The zero-order chi connectivity index (χ0) is 22.3. The molecular formula is C27H18ClNO2S. The quantitative estimate of drug-likeness (QED) is 0.173. The van der Waals surface area contributed by atoms with Crippen molar-refractivity contribution in [3.05, 3.63) is 119 Å². The van der Waals surface area contributed by atoms with Crippen molar-refractivity contribution in [1.82, 2.24) is 0 Å². The molecule has 3 nitrogen and oxygen atoms in total. The summed E-state index contributed by atoms with van der Waals surface area (Å²) >= 11 is 7.63. The molecular weight excluding hydrogens is 438 g/mol. The van der Waals surface area contributed by atoms with Crippen LogP contribution in [0.15, 0.2) is 102 Å². The number of nitriles is 1. The molecule has 0 radical (unpaired) electrons. The summed E-state index contributed by atoms with van der Waals surface area (Å²) in [4.78, 5) is 13.6. The molecule has 0 bridgehead atoms. The van der Waals surface area contributed by atoms with Gasteiger partial charge in [-0.3, -0.25) is 0 Å². The number of carbonyl (C=O) groups is 1. The first-order valence-corrected chi connectivity index (χ1v) is 11.3. The van der Waals surface area contributed by atoms with Gasteiger partial charge in [0.15, 0.2) is 0 Å². The fraction of sp³-hybridized carbons (Fsp3) is 0.0370. The summed E-state index contributed by atoms with van der Waals surface area (Å²) in [6.45, 7) is 0. The number of hydrogen-bond acceptors (Lipinski definition) is 4. The molecule has 0 aliphatic rings. The van der Waals surface area contributed by atoms with Crippen LogP contribution >= 0.6 is 23.4 Å². The van der Waals surface area contributed by atoms with Crippen molar-refractivity contribution < 1.29 is 9.53 Å². The lowest BCUT2D eigenvalue weighted by atomic mass is 10.0. The van der Waals surface area contributed by atoms with Crippen molar-refractivity contribution in [2.24, 2.45) is 0 Å². The molecule has 4 aromatic carbocycles. The van der Waals surface area contributed by atoms with E-state index in [9.17, 15) is 4.79 Å². The Labute approximate surface area is 196 Å². The lowest BCUT2D eigenvalue weighted by molar-refractivity contribution is 0.0735. The van der Waals surface area contributed by atoms with Crippen molar-refractivity contribution in [1.29, 1.82) is 5.26 Å². The molecule has 156 valence electrons. The molecule has 0 saturated heterocycles. The fourth-order valence-corrected chi connectivity index (χ4v) is 4.03. The number of carbonyl (C=O) groups excluding carboxylic acids is 1. The van der Waals surface area contributed by atoms with E-state index >= 15 is 0 Å². The zero-order valence-corrected chi connectivity index (χ0v) is 18.6. The fourth-order valence-electron chi connectivity index (χ4n) is 3.05. The summed E-state index contributed by atoms with van der Waals surface area (Å²) in [6, 6.07) is 31.9. The predicted molar refractivity (Wildman–Crippen MR) is 129 cm³/mol. The van der Waals surface area contributed by atoms with E-state index in [1.807, 2.05) is 60.7 Å². The van der Waals surface area contributed by atoms with Crippen molar-refractivity contribution in [2.45, 2.75) is 10.6 Å². The number of thioether (sulfide) groups is 1. The van der Waals surface area contributed by atoms with Gasteiger partial charge < -0.3 is 4.74 Å². The number of nitrogens with zero attached hydrogens (tertiary/aromatic N) is 1. The van der Waals surface area contributed by atoms with Crippen molar-refractivity contribution in [3.8, 4) is 22.9 Å². The molecule has 32 heavy (non-hydrogen) atoms. The molecule has 0 amide bonds. The second-order valence-electron chi connectivity index (χ2n) is 7.04. The van der Waals surface area contributed by atoms with E-state index in [0.29, 0.717) is 16.9 Å². The molecule has 0 aliphatic carbocycles. The molecule has 0 atom stereocenters. The molecule has 4 aromatic rings. The second kappa shape index (κ2) is 10.2. The van der Waals surface area contributed by atoms with E-state index in [1.165, 1.54) is 0 Å². The van der Waals surface area contributed by atoms with Crippen LogP contribution < -0.4 is 4.74 Å². The van der Waals surface area contributed by atoms with Gasteiger partial charge in [0.05, 0.1) is 17.2 Å². The summed E-state index contributed by atoms with van der Waals surface area (Å²) in [5.74, 6) is 0.885. The maximum absolute atomic E-state index is 12.5. The average Bonchev–Trinajstić information content (AvgIpc) is 2.84. The Bertz CT molecular complexity index is 1240. The standard InChI is InChI=1S/C27H18ClNO2S/c28-24-11-15-26(16-12-24)32-18-20-3-7-23(8-4-20)27(30)31-25-13-9-22(10-14-25)21-5-1-19(17-29)2-6-21/h1-16H,18H2. The summed E-state index contributed by atoms with van der Waals surface area (Å²) in [5.41, 5.74) is 4.22. The third-order valence-corrected chi connectivity index (χ3v) is 6.16. The normalized spacial score (nSPS) is 10.4. The molecule has 0 heterocycles. The van der Waals surface area contributed by atoms with Crippen LogP contribution in [-0.4, -0.2) is 5.97 Å². The van der Waals surface area contributed by atoms with Crippen LogP contribution in [0.4, 0.5) is 0 Å². The topological polar surface area (TPSA) is 50.1 Å². The van der Waals surface area contributed by atoms with Crippen LogP contribution in [0.1, 0.15) is 21.5 Å². The van der Waals surface area contributed by atoms with Gasteiger partial charge in [-0.1, -0.05) is 48.0 Å². The Morgan fingerprint density at radius 3 is 2.00 bits per heavy atom. The van der Waals surface area contributed by atoms with Gasteiger partial charge in [-0.25, -0.2) is 4.79 Å². The Kier molecular flexibility index (Phi) is 6.91. The number of halogens is 1. The van der Waals surface area contributed by atoms with Crippen molar-refractivity contribution in [2.75, 3.05) is 0 Å². The first-order valence-electron chi connectivity index (χ1n) is 9.91. The maximum atomic E-state index is 12.5. The lowest BCUT2D eigenvalue weighted by Gasteiger charge is -2.07. The van der Waals surface area contributed by atoms with Gasteiger partial charge in [-0.15, -0.1) is 11.8 Å². The highest BCUT2D eigenvalue weighted by Gasteiger charge is 2.09. The van der Waals surface area contributed by atoms with Gasteiger partial charge in [-0.2, -0.15) is 5.26 Å². The minimum atomic E-state index is -0.395. The van der Waals surface area contributed by atoms with Crippen LogP contribution in [0.2, 0.25) is 5.02 Å². The van der Waals surface area contributed by atoms with Gasteiger partial charge in [0.25, 0.3) is 0 Å². The van der Waals surface area contributed by atoms with Crippen LogP contribution in [0.5, 0.6) is 5.75 Å². The highest BCUT2D eigenvalue weighted by molar-refractivity contribution is 7.98. The predicted octanol–water partition coefficient (Wildman–Crippen LogP) is 7.39. The summed E-state index contributed by atoms with van der Waals surface area (Å²) in [5, 5.41) is 9.63. The van der Waals surface area contributed by atoms with E-state index < -0.39 is 5.97 Å². The van der Waals surface area contributed by atoms with Crippen LogP contribution in [0, 0.1) is 11.3 Å². The molecule has 0 spiro atoms. The highest BCUT2D eigenvalue weighted by atomic mass is 35.5. The third kappa shape index (κ3) is 5.59. The largest absolute Gasteiger partial charge is 0.423 e. The van der Waals surface area contributed by atoms with E-state index in [1.54, 1.807) is 48.2 Å². The monoisotopic (exact) mass is 455 g/mol. The Morgan fingerprint density at radius 1 is 0.812 bits per heavy atom. The molecule has 0 aromatic heterocycles. The van der Waals surface area contributed by atoms with E-state index in [0.717, 1.165) is 32.4 Å². The van der Waals surface area contributed by atoms with Crippen molar-refractivity contribution >= 4 is 29.3 Å². The van der Waals surface area contributed by atoms with Gasteiger partial charge >= 0.3 is 5.97 Å². The van der Waals surface area contributed by atoms with Crippen LogP contribution in [0.3, 0.4) is 0 Å². The minimum absolute atomic E-state index is 0.395. The van der Waals surface area contributed by atoms with Gasteiger partial charge in [-0.05, 0) is 77.4 Å². The van der Waals surface area contributed by atoms with Crippen LogP contribution in [-0.2, 0) is 5.75 Å². The lowest BCUT2D eigenvalue weighted by Crippen LogP contribution is -2.08. The molecule has 4 rings (SSSR count). The van der Waals surface area contributed by atoms with Gasteiger partial charge in [0.2, 0.25) is 0 Å². The number of benzene rings is 4. The van der Waals surface area contributed by atoms with Crippen LogP contribution in [0.25, 0.3) is 11.1 Å². The average molecular weight is 456 g/mol. The minimum Gasteiger partial charge on any atom is -0.423 e. The summed E-state index contributed by atoms with van der Waals surface area (Å²) in [7, 11) is 0. The SMILES string of the molecule is N#Cc1ccc(-c2ccc(OC(=O)c3ccc(CSc4ccc(Cl)cc4)cc3)cc2)cc1. The molecule has 0 unspecified atom stereocenters. The first-order chi connectivity index (χ1) is 15.6. The smallest absolute Gasteiger partial charge is 0.343 e. The van der Waals surface area contributed by atoms with E-state index in [4.69, 9.17) is 21.6 Å². The summed E-state index contributed by atoms with van der Waals surface area (Å²) in [6.07, 6.45) is 0. The Hall–Kier alpha value is -3.52. The Morgan fingerprint density at radius 2 is 1.41 bits per heavy atom. The number of ether oxygens (including phenoxy) is 1. The number of hydrogen-bond donors (Lipinski definition) is 0. The molecule has 5 heteroatoms. The molecule has 0 fully saturated rings. The number of esters is 1. The van der Waals surface area contributed by atoms with Gasteiger partial charge in [0.1, 0.15) is 5.75 Å². The third-order valence-electron chi connectivity index (χ3n) is 4.82. The zero-order valence-electron chi connectivity index (χ0n) is 17.0. The van der Waals surface area contributed by atoms with E-state index in [-0.39, 0.29) is 0 Å². The summed E-state index contributed by atoms with van der Waals surface area (Å²) < 4.78 is 5.51. The van der Waals surface area contributed by atoms with Gasteiger partial charge in [0, 0.05) is 15.7 Å². The second-order valence-corrected chi connectivity index (χ2v) is 8.53. The highest BCUT2D eigenvalue weighted by Crippen LogP contribution is 2.25. The van der Waals surface area contributed by atoms with Crippen molar-refractivity contribution in [3.63, 3.8) is 0 Å². The maximum Gasteiger partial charge on any atom is 0.343 e. The molecule has 0 N–H and O–H groups in total. The molecule has 0 saturated carbocycles.